The van der Waals surface area contributed by atoms with E-state index in [1.54, 1.807) is 6.07 Å². The average molecular weight is 266 g/mol. The van der Waals surface area contributed by atoms with Crippen LogP contribution in [0.2, 0.25) is 5.02 Å². The summed E-state index contributed by atoms with van der Waals surface area (Å²) in [6.07, 6.45) is 2.93. The summed E-state index contributed by atoms with van der Waals surface area (Å²) in [5.74, 6) is 0.609. The third-order valence-corrected chi connectivity index (χ3v) is 4.11. The van der Waals surface area contributed by atoms with E-state index in [4.69, 9.17) is 21.8 Å². The topological polar surface area (TPSA) is 59.4 Å². The van der Waals surface area contributed by atoms with Crippen molar-refractivity contribution in [3.63, 3.8) is 0 Å². The molecule has 0 radical (unpaired) electrons. The second kappa shape index (κ2) is 4.26. The maximum absolute atomic E-state index is 10.7. The molecule has 0 atom stereocenters. The maximum atomic E-state index is 10.7. The van der Waals surface area contributed by atoms with Crippen molar-refractivity contribution < 1.29 is 9.52 Å². The van der Waals surface area contributed by atoms with Gasteiger partial charge >= 0.3 is 0 Å². The lowest BCUT2D eigenvalue weighted by atomic mass is 9.81. The Hall–Kier alpha value is -1.03. The lowest BCUT2D eigenvalue weighted by Gasteiger charge is -2.32. The van der Waals surface area contributed by atoms with Crippen LogP contribution in [0.15, 0.2) is 28.7 Å². The summed E-state index contributed by atoms with van der Waals surface area (Å²) in [6, 6.07) is 7.69. The zero-order valence-electron chi connectivity index (χ0n) is 10.0. The molecule has 18 heavy (non-hydrogen) atoms. The quantitative estimate of drug-likeness (QED) is 0.833. The maximum Gasteiger partial charge on any atom is 0.153 e. The summed E-state index contributed by atoms with van der Waals surface area (Å²) in [5.41, 5.74) is 5.63. The molecule has 3 nitrogen and oxygen atoms in total. The zero-order valence-corrected chi connectivity index (χ0v) is 10.8. The van der Waals surface area contributed by atoms with E-state index in [0.717, 1.165) is 18.2 Å². The number of rotatable bonds is 1. The Bertz CT molecular complexity index is 570. The molecule has 0 spiro atoms. The molecule has 1 saturated carbocycles. The zero-order chi connectivity index (χ0) is 12.8. The molecule has 0 bridgehead atoms. The molecule has 1 aliphatic carbocycles. The Morgan fingerprint density at radius 3 is 2.72 bits per heavy atom. The smallest absolute Gasteiger partial charge is 0.153 e. The number of benzene rings is 1. The summed E-state index contributed by atoms with van der Waals surface area (Å²) in [6.45, 7) is 0. The van der Waals surface area contributed by atoms with E-state index in [1.165, 1.54) is 0 Å². The fraction of sp³-hybridized carbons (Fsp3) is 0.429. The minimum absolute atomic E-state index is 0.193. The van der Waals surface area contributed by atoms with Crippen LogP contribution < -0.4 is 5.73 Å². The van der Waals surface area contributed by atoms with Gasteiger partial charge in [0.1, 0.15) is 11.4 Å². The van der Waals surface area contributed by atoms with Gasteiger partial charge in [-0.15, -0.1) is 0 Å². The highest BCUT2D eigenvalue weighted by molar-refractivity contribution is 6.34. The molecule has 2 aromatic rings. The molecule has 0 aliphatic heterocycles. The molecular formula is C14H16ClNO2. The molecule has 1 heterocycles. The lowest BCUT2D eigenvalue weighted by molar-refractivity contribution is -0.0225. The second-order valence-corrected chi connectivity index (χ2v) is 5.55. The van der Waals surface area contributed by atoms with Crippen LogP contribution in [-0.4, -0.2) is 11.1 Å². The van der Waals surface area contributed by atoms with Crippen LogP contribution in [0.25, 0.3) is 11.0 Å². The molecule has 1 aliphatic rings. The van der Waals surface area contributed by atoms with Gasteiger partial charge in [-0.3, -0.25) is 0 Å². The monoisotopic (exact) mass is 265 g/mol. The van der Waals surface area contributed by atoms with Crippen molar-refractivity contribution in [1.29, 1.82) is 0 Å². The molecule has 0 amide bonds. The molecule has 4 heteroatoms. The molecule has 3 rings (SSSR count). The van der Waals surface area contributed by atoms with Gasteiger partial charge in [0.2, 0.25) is 0 Å². The van der Waals surface area contributed by atoms with Crippen LogP contribution in [0.5, 0.6) is 0 Å². The van der Waals surface area contributed by atoms with Crippen molar-refractivity contribution >= 4 is 22.6 Å². The highest BCUT2D eigenvalue weighted by Gasteiger charge is 2.36. The first kappa shape index (κ1) is 12.0. The first-order chi connectivity index (χ1) is 8.58. The average Bonchev–Trinajstić information content (AvgIpc) is 2.79. The van der Waals surface area contributed by atoms with Crippen LogP contribution in [0.3, 0.4) is 0 Å². The Kier molecular flexibility index (Phi) is 2.85. The number of hydrogen-bond acceptors (Lipinski definition) is 3. The van der Waals surface area contributed by atoms with Crippen molar-refractivity contribution in [1.82, 2.24) is 0 Å². The summed E-state index contributed by atoms with van der Waals surface area (Å²) >= 11 is 6.08. The number of aliphatic hydroxyl groups is 1. The minimum atomic E-state index is -0.891. The molecule has 1 fully saturated rings. The number of furan rings is 1. The van der Waals surface area contributed by atoms with Gasteiger partial charge in [-0.25, -0.2) is 0 Å². The second-order valence-electron chi connectivity index (χ2n) is 5.14. The molecule has 1 aromatic carbocycles. The van der Waals surface area contributed by atoms with Gasteiger partial charge in [0, 0.05) is 11.4 Å². The lowest BCUT2D eigenvalue weighted by Crippen LogP contribution is -2.36. The Morgan fingerprint density at radius 2 is 2.06 bits per heavy atom. The standard InChI is InChI=1S/C14H16ClNO2/c15-11-3-1-2-9-8-12(18-13(9)11)14(17)6-4-10(16)5-7-14/h1-3,8,10,17H,4-7,16H2. The van der Waals surface area contributed by atoms with Gasteiger partial charge in [0.05, 0.1) is 5.02 Å². The summed E-state index contributed by atoms with van der Waals surface area (Å²) in [4.78, 5) is 0. The third-order valence-electron chi connectivity index (χ3n) is 3.81. The number of halogens is 1. The van der Waals surface area contributed by atoms with E-state index in [0.29, 0.717) is 29.2 Å². The molecule has 0 unspecified atom stereocenters. The first-order valence-corrected chi connectivity index (χ1v) is 6.63. The predicted molar refractivity (Wildman–Crippen MR) is 71.6 cm³/mol. The van der Waals surface area contributed by atoms with E-state index >= 15 is 0 Å². The predicted octanol–water partition coefficient (Wildman–Crippen LogP) is 3.18. The van der Waals surface area contributed by atoms with Gasteiger partial charge in [-0.2, -0.15) is 0 Å². The van der Waals surface area contributed by atoms with E-state index in [-0.39, 0.29) is 6.04 Å². The number of hydrogen-bond donors (Lipinski definition) is 2. The first-order valence-electron chi connectivity index (χ1n) is 6.25. The summed E-state index contributed by atoms with van der Waals surface area (Å²) in [5, 5.41) is 12.2. The van der Waals surface area contributed by atoms with Crippen LogP contribution in [-0.2, 0) is 5.60 Å². The van der Waals surface area contributed by atoms with E-state index in [2.05, 4.69) is 0 Å². The van der Waals surface area contributed by atoms with E-state index in [1.807, 2.05) is 18.2 Å². The van der Waals surface area contributed by atoms with Crippen molar-refractivity contribution in [3.8, 4) is 0 Å². The summed E-state index contributed by atoms with van der Waals surface area (Å²) < 4.78 is 5.75. The van der Waals surface area contributed by atoms with Gasteiger partial charge in [-0.05, 0) is 37.8 Å². The largest absolute Gasteiger partial charge is 0.456 e. The van der Waals surface area contributed by atoms with Crippen LogP contribution in [0.4, 0.5) is 0 Å². The molecule has 3 N–H and O–H groups in total. The van der Waals surface area contributed by atoms with Gasteiger partial charge in [-0.1, -0.05) is 23.7 Å². The van der Waals surface area contributed by atoms with Gasteiger partial charge < -0.3 is 15.3 Å². The number of para-hydroxylation sites is 1. The number of fused-ring (bicyclic) bond motifs is 1. The van der Waals surface area contributed by atoms with E-state index < -0.39 is 5.60 Å². The minimum Gasteiger partial charge on any atom is -0.456 e. The molecule has 96 valence electrons. The van der Waals surface area contributed by atoms with Crippen molar-refractivity contribution in [2.75, 3.05) is 0 Å². The SMILES string of the molecule is NC1CCC(O)(c2cc3cccc(Cl)c3o2)CC1. The Morgan fingerprint density at radius 1 is 1.33 bits per heavy atom. The van der Waals surface area contributed by atoms with Crippen LogP contribution in [0.1, 0.15) is 31.4 Å². The molecule has 1 aromatic heterocycles. The third kappa shape index (κ3) is 1.92. The highest BCUT2D eigenvalue weighted by atomic mass is 35.5. The Balaban J connectivity index is 2.01. The van der Waals surface area contributed by atoms with Crippen LogP contribution in [0, 0.1) is 0 Å². The van der Waals surface area contributed by atoms with Crippen LogP contribution >= 0.6 is 11.6 Å². The van der Waals surface area contributed by atoms with E-state index in [9.17, 15) is 5.11 Å². The molecule has 0 saturated heterocycles. The Labute approximate surface area is 111 Å². The fourth-order valence-electron chi connectivity index (χ4n) is 2.62. The van der Waals surface area contributed by atoms with Gasteiger partial charge in [0.25, 0.3) is 0 Å². The van der Waals surface area contributed by atoms with Gasteiger partial charge in [0.15, 0.2) is 5.58 Å². The van der Waals surface area contributed by atoms with Crippen molar-refractivity contribution in [2.45, 2.75) is 37.3 Å². The number of nitrogens with two attached hydrogens (primary N) is 1. The summed E-state index contributed by atoms with van der Waals surface area (Å²) in [7, 11) is 0. The fourth-order valence-corrected chi connectivity index (χ4v) is 2.84. The highest BCUT2D eigenvalue weighted by Crippen LogP contribution is 2.40. The molecular weight excluding hydrogens is 250 g/mol. The van der Waals surface area contributed by atoms with Crippen molar-refractivity contribution in [3.05, 3.63) is 35.0 Å². The normalized spacial score (nSPS) is 28.7. The van der Waals surface area contributed by atoms with Crippen molar-refractivity contribution in [2.24, 2.45) is 5.73 Å².